The number of carboxylic acid groups (broad SMARTS) is 3. The molecule has 13 heteroatoms. The van der Waals surface area contributed by atoms with Crippen molar-refractivity contribution in [2.24, 2.45) is 0 Å². The lowest BCUT2D eigenvalue weighted by atomic mass is 10.3. The molecule has 0 aromatic carbocycles. The van der Waals surface area contributed by atoms with Gasteiger partial charge in [0.25, 0.3) is 0 Å². The highest BCUT2D eigenvalue weighted by Gasteiger charge is 2.20. The first-order chi connectivity index (χ1) is 13.7. The summed E-state index contributed by atoms with van der Waals surface area (Å²) in [7, 11) is 5.15. The third kappa shape index (κ3) is 11.4. The van der Waals surface area contributed by atoms with Gasteiger partial charge in [0.15, 0.2) is 0 Å². The first-order valence-electron chi connectivity index (χ1n) is 9.23. The second kappa shape index (κ2) is 13.1. The molecule has 29 heavy (non-hydrogen) atoms. The number of hydrogen-bond acceptors (Lipinski definition) is 8. The van der Waals surface area contributed by atoms with Gasteiger partial charge >= 0.3 is 17.9 Å². The van der Waals surface area contributed by atoms with Gasteiger partial charge in [-0.1, -0.05) is 0 Å². The summed E-state index contributed by atoms with van der Waals surface area (Å²) in [5.41, 5.74) is 0. The Hall–Kier alpha value is -2.22. The molecule has 0 bridgehead atoms. The van der Waals surface area contributed by atoms with Crippen LogP contribution in [0.4, 0.5) is 0 Å². The first-order valence-corrected chi connectivity index (χ1v) is 9.23. The van der Waals surface area contributed by atoms with Crippen molar-refractivity contribution in [3.63, 3.8) is 0 Å². The van der Waals surface area contributed by atoms with E-state index in [-0.39, 0.29) is 26.2 Å². The molecular weight excluding hydrogens is 385 g/mol. The topological polar surface area (TPSA) is 154 Å². The van der Waals surface area contributed by atoms with Crippen LogP contribution in [0, 0.1) is 0 Å². The molecular formula is C16H28BN5O7. The minimum absolute atomic E-state index is 0.00343. The average Bonchev–Trinajstić information content (AvgIpc) is 2.62. The van der Waals surface area contributed by atoms with E-state index < -0.39 is 23.8 Å². The Kier molecular flexibility index (Phi) is 11.2. The molecule has 1 rings (SSSR count). The largest absolute Gasteiger partial charge is 0.480 e. The predicted octanol–water partition coefficient (Wildman–Crippen LogP) is -3.34. The maximum atomic E-state index is 11.7. The number of amides is 1. The third-order valence-electron chi connectivity index (χ3n) is 4.53. The number of carbonyl (C=O) groups excluding carboxylic acids is 1. The lowest BCUT2D eigenvalue weighted by molar-refractivity contribution is -0.140. The summed E-state index contributed by atoms with van der Waals surface area (Å²) in [6.45, 7) is 2.13. The summed E-state index contributed by atoms with van der Waals surface area (Å²) in [4.78, 5) is 51.9. The maximum absolute atomic E-state index is 11.7. The maximum Gasteiger partial charge on any atom is 0.317 e. The van der Waals surface area contributed by atoms with Gasteiger partial charge in [-0.25, -0.2) is 0 Å². The molecule has 1 fully saturated rings. The van der Waals surface area contributed by atoms with Gasteiger partial charge in [0, 0.05) is 52.4 Å². The van der Waals surface area contributed by atoms with Gasteiger partial charge in [0.05, 0.1) is 26.2 Å². The van der Waals surface area contributed by atoms with Gasteiger partial charge in [0.2, 0.25) is 13.9 Å². The monoisotopic (exact) mass is 413 g/mol. The molecule has 4 N–H and O–H groups in total. The molecule has 0 unspecified atom stereocenters. The van der Waals surface area contributed by atoms with Crippen LogP contribution < -0.4 is 5.23 Å². The first kappa shape index (κ1) is 24.8. The smallest absolute Gasteiger partial charge is 0.317 e. The highest BCUT2D eigenvalue weighted by molar-refractivity contribution is 6.14. The normalized spacial score (nSPS) is 19.0. The van der Waals surface area contributed by atoms with Gasteiger partial charge in [-0.15, -0.1) is 0 Å². The second-order valence-corrected chi connectivity index (χ2v) is 6.85. The molecule has 1 amide bonds. The van der Waals surface area contributed by atoms with Gasteiger partial charge in [-0.2, -0.15) is 0 Å². The highest BCUT2D eigenvalue weighted by Crippen LogP contribution is 2.01. The van der Waals surface area contributed by atoms with Crippen molar-refractivity contribution < 1.29 is 34.5 Å². The van der Waals surface area contributed by atoms with Crippen LogP contribution in [0.15, 0.2) is 0 Å². The fourth-order valence-electron chi connectivity index (χ4n) is 3.03. The fraction of sp³-hybridized carbons (Fsp3) is 0.750. The molecule has 2 radical (unpaired) electrons. The van der Waals surface area contributed by atoms with Crippen molar-refractivity contribution in [1.29, 1.82) is 0 Å². The Morgan fingerprint density at radius 1 is 0.586 bits per heavy atom. The van der Waals surface area contributed by atoms with E-state index in [1.54, 1.807) is 19.6 Å². The van der Waals surface area contributed by atoms with E-state index >= 15 is 0 Å². The predicted molar refractivity (Wildman–Crippen MR) is 103 cm³/mol. The quantitative estimate of drug-likeness (QED) is 0.295. The number of hydrogen-bond donors (Lipinski definition) is 4. The molecule has 0 spiro atoms. The van der Waals surface area contributed by atoms with Crippen LogP contribution in [0.3, 0.4) is 0 Å². The van der Waals surface area contributed by atoms with E-state index in [0.717, 1.165) is 0 Å². The lowest BCUT2D eigenvalue weighted by Crippen LogP contribution is -2.49. The van der Waals surface area contributed by atoms with E-state index in [2.05, 4.69) is 5.23 Å². The molecule has 12 nitrogen and oxygen atoms in total. The molecule has 0 atom stereocenters. The third-order valence-corrected chi connectivity index (χ3v) is 4.53. The Bertz CT molecular complexity index is 548. The van der Waals surface area contributed by atoms with Crippen molar-refractivity contribution in [3.8, 4) is 0 Å². The summed E-state index contributed by atoms with van der Waals surface area (Å²) in [6, 6.07) is 0. The molecule has 0 aromatic rings. The van der Waals surface area contributed by atoms with Crippen LogP contribution in [0.1, 0.15) is 0 Å². The van der Waals surface area contributed by atoms with Crippen molar-refractivity contribution in [3.05, 3.63) is 0 Å². The Balaban J connectivity index is 2.92. The number of aliphatic carboxylic acids is 3. The van der Waals surface area contributed by atoms with Gasteiger partial charge in [0.1, 0.15) is 0 Å². The Morgan fingerprint density at radius 3 is 1.03 bits per heavy atom. The molecule has 1 aliphatic heterocycles. The van der Waals surface area contributed by atoms with E-state index in [0.29, 0.717) is 52.4 Å². The van der Waals surface area contributed by atoms with E-state index in [1.807, 2.05) is 0 Å². The Labute approximate surface area is 170 Å². The molecule has 0 aromatic heterocycles. The summed E-state index contributed by atoms with van der Waals surface area (Å²) in [5, 5.41) is 29.4. The van der Waals surface area contributed by atoms with E-state index in [1.165, 1.54) is 0 Å². The van der Waals surface area contributed by atoms with Crippen molar-refractivity contribution in [2.45, 2.75) is 0 Å². The van der Waals surface area contributed by atoms with Gasteiger partial charge in [-0.05, 0) is 0 Å². The number of rotatable bonds is 8. The zero-order valence-electron chi connectivity index (χ0n) is 16.3. The average molecular weight is 413 g/mol. The van der Waals surface area contributed by atoms with Crippen LogP contribution >= 0.6 is 0 Å². The van der Waals surface area contributed by atoms with Crippen molar-refractivity contribution in [2.75, 3.05) is 78.5 Å². The molecule has 1 saturated heterocycles. The van der Waals surface area contributed by atoms with Crippen LogP contribution in [-0.2, 0) is 19.2 Å². The minimum Gasteiger partial charge on any atom is -0.480 e. The van der Waals surface area contributed by atoms with Gasteiger partial charge in [-0.3, -0.25) is 38.8 Å². The molecule has 0 aliphatic carbocycles. The van der Waals surface area contributed by atoms with Crippen molar-refractivity contribution >= 4 is 31.8 Å². The fourth-order valence-corrected chi connectivity index (χ4v) is 3.03. The number of nitrogens with zero attached hydrogens (tertiary/aromatic N) is 4. The van der Waals surface area contributed by atoms with Gasteiger partial charge < -0.3 is 20.5 Å². The zero-order chi connectivity index (χ0) is 21.8. The van der Waals surface area contributed by atoms with Crippen LogP contribution in [0.2, 0.25) is 0 Å². The molecule has 1 heterocycles. The van der Waals surface area contributed by atoms with Crippen LogP contribution in [0.25, 0.3) is 0 Å². The Morgan fingerprint density at radius 2 is 0.828 bits per heavy atom. The summed E-state index contributed by atoms with van der Waals surface area (Å²) < 4.78 is 0. The SMILES string of the molecule is [B]NC(=O)CN1CCN(CC(=O)O)CCN(CC(=O)O)CCN(CC(=O)O)CC1. The van der Waals surface area contributed by atoms with Crippen LogP contribution in [0.5, 0.6) is 0 Å². The molecule has 1 aliphatic rings. The summed E-state index contributed by atoms with van der Waals surface area (Å²) in [5.74, 6) is -3.41. The zero-order valence-corrected chi connectivity index (χ0v) is 16.3. The van der Waals surface area contributed by atoms with E-state index in [9.17, 15) is 19.2 Å². The molecule has 0 saturated carbocycles. The second-order valence-electron chi connectivity index (χ2n) is 6.85. The van der Waals surface area contributed by atoms with E-state index in [4.69, 9.17) is 23.3 Å². The standard InChI is InChI=1S/C16H28BN5O7/c17-18-13(23)9-19-1-3-20(10-14(24)25)5-7-22(12-16(28)29)8-6-21(4-2-19)11-15(26)27/h1-12H2,(H,18,23)(H,24,25)(H,26,27)(H,28,29). The summed E-state index contributed by atoms with van der Waals surface area (Å²) >= 11 is 0. The highest BCUT2D eigenvalue weighted by atomic mass is 16.4. The van der Waals surface area contributed by atoms with Crippen LogP contribution in [-0.4, -0.2) is 145 Å². The minimum atomic E-state index is -1.01. The number of carbonyl (C=O) groups is 4. The summed E-state index contributed by atoms with van der Waals surface area (Å²) in [6.07, 6.45) is 0. The van der Waals surface area contributed by atoms with Crippen molar-refractivity contribution in [1.82, 2.24) is 24.8 Å². The molecule has 162 valence electrons. The number of nitrogens with one attached hydrogen (secondary N) is 1. The number of carboxylic acids is 3. The lowest BCUT2D eigenvalue weighted by Gasteiger charge is -2.32.